The van der Waals surface area contributed by atoms with Crippen LogP contribution in [-0.4, -0.2) is 26.3 Å². The van der Waals surface area contributed by atoms with E-state index in [1.165, 1.54) is 38.5 Å². The molecule has 154 valence electrons. The van der Waals surface area contributed by atoms with Gasteiger partial charge in [-0.15, -0.1) is 0 Å². The lowest BCUT2D eigenvalue weighted by Gasteiger charge is -2.56. The second kappa shape index (κ2) is 6.42. The molecule has 4 fully saturated rings. The van der Waals surface area contributed by atoms with Crippen molar-refractivity contribution in [1.82, 2.24) is 9.78 Å². The summed E-state index contributed by atoms with van der Waals surface area (Å²) in [4.78, 5) is 13.4. The van der Waals surface area contributed by atoms with E-state index >= 15 is 0 Å². The second-order valence-electron chi connectivity index (χ2n) is 11.1. The van der Waals surface area contributed by atoms with Crippen LogP contribution in [0.1, 0.15) is 82.1 Å². The molecule has 1 unspecified atom stereocenters. The molecule has 5 rings (SSSR count). The highest BCUT2D eigenvalue weighted by Crippen LogP contribution is 2.64. The van der Waals surface area contributed by atoms with Crippen LogP contribution in [-0.2, 0) is 7.05 Å². The standard InChI is InChI=1S/C24H36N2O2/c1-23(28)11-8-16-15(14-23)4-5-18-17(16)9-12-24(2)19(18)6-7-20(24)22(27)21-10-13-25-26(21)3/h10,13,15-20,28H,4-9,11-12,14H2,1-3H3/t15?,16-,17+,18+,19-,20+,23+,24-/m0/s1. The molecule has 0 radical (unpaired) electrons. The van der Waals surface area contributed by atoms with E-state index in [1.807, 2.05) is 20.0 Å². The van der Waals surface area contributed by atoms with E-state index in [2.05, 4.69) is 12.0 Å². The van der Waals surface area contributed by atoms with Gasteiger partial charge in [0.1, 0.15) is 5.69 Å². The van der Waals surface area contributed by atoms with Crippen molar-refractivity contribution in [1.29, 1.82) is 0 Å². The minimum Gasteiger partial charge on any atom is -0.390 e. The molecule has 1 heterocycles. The zero-order chi connectivity index (χ0) is 19.7. The van der Waals surface area contributed by atoms with E-state index in [0.717, 1.165) is 48.6 Å². The first-order valence-electron chi connectivity index (χ1n) is 11.5. The molecule has 28 heavy (non-hydrogen) atoms. The van der Waals surface area contributed by atoms with Crippen molar-refractivity contribution in [3.8, 4) is 0 Å². The number of aromatic nitrogens is 2. The normalized spacial score (nSPS) is 47.9. The van der Waals surface area contributed by atoms with E-state index in [0.29, 0.717) is 11.7 Å². The first-order valence-corrected chi connectivity index (χ1v) is 11.5. The van der Waals surface area contributed by atoms with Gasteiger partial charge in [-0.05, 0) is 106 Å². The topological polar surface area (TPSA) is 55.1 Å². The Hall–Kier alpha value is -1.16. The molecule has 4 saturated carbocycles. The highest BCUT2D eigenvalue weighted by atomic mass is 16.3. The summed E-state index contributed by atoms with van der Waals surface area (Å²) >= 11 is 0. The number of hydrogen-bond acceptors (Lipinski definition) is 3. The molecule has 0 saturated heterocycles. The molecular formula is C24H36N2O2. The lowest BCUT2D eigenvalue weighted by molar-refractivity contribution is -0.0976. The number of fused-ring (bicyclic) bond motifs is 5. The van der Waals surface area contributed by atoms with Crippen molar-refractivity contribution in [3.63, 3.8) is 0 Å². The highest BCUT2D eigenvalue weighted by molar-refractivity contribution is 5.97. The number of carbonyl (C=O) groups is 1. The molecule has 1 N–H and O–H groups in total. The van der Waals surface area contributed by atoms with Gasteiger partial charge in [0, 0.05) is 19.2 Å². The van der Waals surface area contributed by atoms with Crippen molar-refractivity contribution in [3.05, 3.63) is 18.0 Å². The van der Waals surface area contributed by atoms with Gasteiger partial charge in [0.25, 0.3) is 0 Å². The minimum absolute atomic E-state index is 0.162. The van der Waals surface area contributed by atoms with Crippen molar-refractivity contribution in [2.75, 3.05) is 0 Å². The molecule has 0 aliphatic heterocycles. The smallest absolute Gasteiger partial charge is 0.184 e. The summed E-state index contributed by atoms with van der Waals surface area (Å²) in [6, 6.07) is 1.89. The van der Waals surface area contributed by atoms with Gasteiger partial charge in [-0.1, -0.05) is 6.92 Å². The predicted octanol–water partition coefficient (Wildman–Crippen LogP) is 4.62. The zero-order valence-corrected chi connectivity index (χ0v) is 17.7. The summed E-state index contributed by atoms with van der Waals surface area (Å²) in [6.07, 6.45) is 12.3. The van der Waals surface area contributed by atoms with Crippen molar-refractivity contribution >= 4 is 5.78 Å². The Morgan fingerprint density at radius 1 is 1.07 bits per heavy atom. The van der Waals surface area contributed by atoms with E-state index in [9.17, 15) is 9.90 Å². The fraction of sp³-hybridized carbons (Fsp3) is 0.833. The summed E-state index contributed by atoms with van der Waals surface area (Å²) in [5.41, 5.74) is 0.507. The van der Waals surface area contributed by atoms with Crippen molar-refractivity contribution < 1.29 is 9.90 Å². The van der Waals surface area contributed by atoms with Crippen LogP contribution in [0.25, 0.3) is 0 Å². The molecular weight excluding hydrogens is 348 g/mol. The number of ketones is 1. The van der Waals surface area contributed by atoms with Crippen LogP contribution in [0.5, 0.6) is 0 Å². The summed E-state index contributed by atoms with van der Waals surface area (Å²) in [5, 5.41) is 14.8. The third-order valence-electron chi connectivity index (χ3n) is 9.63. The molecule has 0 amide bonds. The molecule has 1 aromatic rings. The lowest BCUT2D eigenvalue weighted by atomic mass is 9.49. The van der Waals surface area contributed by atoms with Crippen LogP contribution in [0.15, 0.2) is 12.3 Å². The lowest BCUT2D eigenvalue weighted by Crippen LogP contribution is -2.51. The largest absolute Gasteiger partial charge is 0.390 e. The summed E-state index contributed by atoms with van der Waals surface area (Å²) in [6.45, 7) is 4.47. The maximum atomic E-state index is 13.4. The highest BCUT2D eigenvalue weighted by Gasteiger charge is 2.59. The number of aryl methyl sites for hydroxylation is 1. The van der Waals surface area contributed by atoms with Gasteiger partial charge in [-0.2, -0.15) is 5.10 Å². The van der Waals surface area contributed by atoms with Gasteiger partial charge in [0.2, 0.25) is 0 Å². The third kappa shape index (κ3) is 2.74. The van der Waals surface area contributed by atoms with Crippen LogP contribution in [0.4, 0.5) is 0 Å². The van der Waals surface area contributed by atoms with Crippen LogP contribution in [0, 0.1) is 40.9 Å². The average Bonchev–Trinajstić information content (AvgIpc) is 3.22. The van der Waals surface area contributed by atoms with Gasteiger partial charge in [-0.3, -0.25) is 9.48 Å². The summed E-state index contributed by atoms with van der Waals surface area (Å²) < 4.78 is 1.75. The molecule has 4 aliphatic carbocycles. The van der Waals surface area contributed by atoms with Crippen molar-refractivity contribution in [2.24, 2.45) is 48.0 Å². The first kappa shape index (κ1) is 18.8. The Bertz CT molecular complexity index is 768. The molecule has 8 atom stereocenters. The molecule has 0 spiro atoms. The Kier molecular flexibility index (Phi) is 4.32. The van der Waals surface area contributed by atoms with Gasteiger partial charge >= 0.3 is 0 Å². The number of nitrogens with zero attached hydrogens (tertiary/aromatic N) is 2. The van der Waals surface area contributed by atoms with Gasteiger partial charge in [0.05, 0.1) is 5.60 Å². The maximum absolute atomic E-state index is 13.4. The number of aliphatic hydroxyl groups is 1. The Balaban J connectivity index is 1.37. The molecule has 4 heteroatoms. The SMILES string of the molecule is Cn1nccc1C(=O)[C@H]1CC[C@H]2[C@@H]3CCC4C[C@](C)(O)CC[C@@H]4[C@H]3CC[C@]12C. The van der Waals surface area contributed by atoms with Crippen LogP contribution in [0.3, 0.4) is 0 Å². The molecule has 1 aromatic heterocycles. The number of rotatable bonds is 2. The number of Topliss-reactive ketones (excluding diaryl/α,β-unsaturated/α-hetero) is 1. The van der Waals surface area contributed by atoms with E-state index < -0.39 is 5.60 Å². The molecule has 4 aliphatic rings. The average molecular weight is 385 g/mol. The quantitative estimate of drug-likeness (QED) is 0.757. The van der Waals surface area contributed by atoms with Gasteiger partial charge in [-0.25, -0.2) is 0 Å². The third-order valence-corrected chi connectivity index (χ3v) is 9.63. The Morgan fingerprint density at radius 3 is 2.61 bits per heavy atom. The van der Waals surface area contributed by atoms with E-state index in [1.54, 1.807) is 10.9 Å². The predicted molar refractivity (Wildman–Crippen MR) is 109 cm³/mol. The zero-order valence-electron chi connectivity index (χ0n) is 17.7. The van der Waals surface area contributed by atoms with Crippen LogP contribution >= 0.6 is 0 Å². The molecule has 0 aromatic carbocycles. The maximum Gasteiger partial charge on any atom is 0.184 e. The summed E-state index contributed by atoms with van der Waals surface area (Å²) in [7, 11) is 1.89. The van der Waals surface area contributed by atoms with E-state index in [4.69, 9.17) is 0 Å². The monoisotopic (exact) mass is 384 g/mol. The van der Waals surface area contributed by atoms with Gasteiger partial charge in [0.15, 0.2) is 5.78 Å². The van der Waals surface area contributed by atoms with Crippen molar-refractivity contribution in [2.45, 2.75) is 77.2 Å². The Morgan fingerprint density at radius 2 is 1.86 bits per heavy atom. The van der Waals surface area contributed by atoms with E-state index in [-0.39, 0.29) is 11.3 Å². The number of hydrogen-bond donors (Lipinski definition) is 1. The molecule has 0 bridgehead atoms. The second-order valence-corrected chi connectivity index (χ2v) is 11.1. The summed E-state index contributed by atoms with van der Waals surface area (Å²) in [5.74, 6) is 4.37. The minimum atomic E-state index is -0.439. The first-order chi connectivity index (χ1) is 13.3. The van der Waals surface area contributed by atoms with Crippen LogP contribution in [0.2, 0.25) is 0 Å². The number of carbonyl (C=O) groups excluding carboxylic acids is 1. The Labute approximate surface area is 169 Å². The molecule has 4 nitrogen and oxygen atoms in total. The fourth-order valence-electron chi connectivity index (χ4n) is 8.31. The van der Waals surface area contributed by atoms with Crippen LogP contribution < -0.4 is 0 Å². The fourth-order valence-corrected chi connectivity index (χ4v) is 8.31. The van der Waals surface area contributed by atoms with Gasteiger partial charge < -0.3 is 5.11 Å².